The molecular weight excluding hydrogens is 188 g/mol. The molecule has 1 heterocycles. The van der Waals surface area contributed by atoms with Crippen molar-refractivity contribution in [2.75, 3.05) is 33.8 Å². The Morgan fingerprint density at radius 3 is 2.60 bits per heavy atom. The van der Waals surface area contributed by atoms with Gasteiger partial charge >= 0.3 is 0 Å². The first-order valence-corrected chi connectivity index (χ1v) is 6.08. The van der Waals surface area contributed by atoms with Gasteiger partial charge in [-0.05, 0) is 46.8 Å². The third-order valence-corrected chi connectivity index (χ3v) is 4.04. The Morgan fingerprint density at radius 1 is 1.47 bits per heavy atom. The standard InChI is InChI=1S/C12H26N2O/c1-5-11(2)14-8-6-7-12(9-14,10-15)13(3)4/h11,15H,5-10H2,1-4H3. The second-order valence-electron chi connectivity index (χ2n) is 5.11. The molecule has 0 aliphatic carbocycles. The molecule has 3 nitrogen and oxygen atoms in total. The number of rotatable bonds is 4. The van der Waals surface area contributed by atoms with Crippen LogP contribution in [-0.4, -0.2) is 60.3 Å². The van der Waals surface area contributed by atoms with E-state index in [1.807, 2.05) is 0 Å². The summed E-state index contributed by atoms with van der Waals surface area (Å²) in [6, 6.07) is 0.635. The zero-order valence-electron chi connectivity index (χ0n) is 10.7. The molecule has 0 bridgehead atoms. The van der Waals surface area contributed by atoms with Gasteiger partial charge in [0.25, 0.3) is 0 Å². The van der Waals surface area contributed by atoms with Crippen molar-refractivity contribution in [3.63, 3.8) is 0 Å². The fraction of sp³-hybridized carbons (Fsp3) is 1.00. The van der Waals surface area contributed by atoms with Crippen molar-refractivity contribution in [1.29, 1.82) is 0 Å². The Morgan fingerprint density at radius 2 is 2.13 bits per heavy atom. The van der Waals surface area contributed by atoms with Gasteiger partial charge < -0.3 is 10.0 Å². The summed E-state index contributed by atoms with van der Waals surface area (Å²) in [6.07, 6.45) is 3.50. The van der Waals surface area contributed by atoms with E-state index in [4.69, 9.17) is 0 Å². The molecule has 0 spiro atoms. The smallest absolute Gasteiger partial charge is 0.0627 e. The van der Waals surface area contributed by atoms with E-state index in [1.54, 1.807) is 0 Å². The first-order chi connectivity index (χ1) is 7.05. The minimum absolute atomic E-state index is 0.0122. The second-order valence-corrected chi connectivity index (χ2v) is 5.11. The highest BCUT2D eigenvalue weighted by atomic mass is 16.3. The third kappa shape index (κ3) is 2.71. The van der Waals surface area contributed by atoms with Gasteiger partial charge in [0, 0.05) is 12.6 Å². The summed E-state index contributed by atoms with van der Waals surface area (Å²) in [5.41, 5.74) is -0.0122. The minimum Gasteiger partial charge on any atom is -0.394 e. The van der Waals surface area contributed by atoms with Crippen molar-refractivity contribution in [2.24, 2.45) is 0 Å². The molecule has 3 heteroatoms. The second kappa shape index (κ2) is 5.28. The number of piperidine rings is 1. The van der Waals surface area contributed by atoms with Gasteiger partial charge in [-0.25, -0.2) is 0 Å². The van der Waals surface area contributed by atoms with E-state index in [0.29, 0.717) is 6.04 Å². The van der Waals surface area contributed by atoms with Gasteiger partial charge in [0.15, 0.2) is 0 Å². The highest BCUT2D eigenvalue weighted by Gasteiger charge is 2.37. The van der Waals surface area contributed by atoms with Crippen LogP contribution in [0.25, 0.3) is 0 Å². The van der Waals surface area contributed by atoms with Crippen molar-refractivity contribution in [3.8, 4) is 0 Å². The summed E-state index contributed by atoms with van der Waals surface area (Å²) in [6.45, 7) is 6.97. The molecule has 1 aliphatic heterocycles. The van der Waals surface area contributed by atoms with E-state index in [-0.39, 0.29) is 12.1 Å². The summed E-state index contributed by atoms with van der Waals surface area (Å²) < 4.78 is 0. The van der Waals surface area contributed by atoms with Crippen LogP contribution < -0.4 is 0 Å². The summed E-state index contributed by atoms with van der Waals surface area (Å²) >= 11 is 0. The normalized spacial score (nSPS) is 30.8. The predicted molar refractivity (Wildman–Crippen MR) is 64.1 cm³/mol. The molecule has 2 unspecified atom stereocenters. The van der Waals surface area contributed by atoms with Crippen LogP contribution in [0.5, 0.6) is 0 Å². The molecule has 0 aromatic rings. The minimum atomic E-state index is -0.0122. The van der Waals surface area contributed by atoms with Gasteiger partial charge in [0.1, 0.15) is 0 Å². The average Bonchev–Trinajstić information content (AvgIpc) is 2.27. The fourth-order valence-corrected chi connectivity index (χ4v) is 2.42. The van der Waals surface area contributed by atoms with E-state index < -0.39 is 0 Å². The van der Waals surface area contributed by atoms with Crippen LogP contribution in [-0.2, 0) is 0 Å². The summed E-state index contributed by atoms with van der Waals surface area (Å²) in [5.74, 6) is 0. The number of nitrogens with zero attached hydrogens (tertiary/aromatic N) is 2. The Bertz CT molecular complexity index is 196. The molecule has 1 N–H and O–H groups in total. The molecule has 1 saturated heterocycles. The lowest BCUT2D eigenvalue weighted by molar-refractivity contribution is -0.0126. The van der Waals surface area contributed by atoms with Crippen LogP contribution in [0.15, 0.2) is 0 Å². The fourth-order valence-electron chi connectivity index (χ4n) is 2.42. The Kier molecular flexibility index (Phi) is 4.56. The van der Waals surface area contributed by atoms with Crippen molar-refractivity contribution in [2.45, 2.75) is 44.7 Å². The number of hydrogen-bond acceptors (Lipinski definition) is 3. The SMILES string of the molecule is CCC(C)N1CCCC(CO)(N(C)C)C1. The zero-order chi connectivity index (χ0) is 11.5. The van der Waals surface area contributed by atoms with Crippen molar-refractivity contribution < 1.29 is 5.11 Å². The van der Waals surface area contributed by atoms with E-state index in [0.717, 1.165) is 13.0 Å². The van der Waals surface area contributed by atoms with E-state index in [9.17, 15) is 5.11 Å². The Balaban J connectivity index is 2.68. The molecule has 2 atom stereocenters. The van der Waals surface area contributed by atoms with Crippen LogP contribution in [0.1, 0.15) is 33.1 Å². The lowest BCUT2D eigenvalue weighted by Crippen LogP contribution is -2.60. The summed E-state index contributed by atoms with van der Waals surface area (Å²) in [7, 11) is 4.16. The topological polar surface area (TPSA) is 26.7 Å². The first kappa shape index (κ1) is 12.9. The molecule has 0 aromatic carbocycles. The van der Waals surface area contributed by atoms with Crippen LogP contribution in [0, 0.1) is 0 Å². The molecule has 15 heavy (non-hydrogen) atoms. The number of aliphatic hydroxyl groups is 1. The Labute approximate surface area is 94.1 Å². The molecule has 0 radical (unpaired) electrons. The lowest BCUT2D eigenvalue weighted by atomic mass is 9.87. The zero-order valence-corrected chi connectivity index (χ0v) is 10.7. The van der Waals surface area contributed by atoms with Crippen LogP contribution in [0.2, 0.25) is 0 Å². The maximum absolute atomic E-state index is 9.62. The largest absolute Gasteiger partial charge is 0.394 e. The molecule has 0 amide bonds. The number of hydrogen-bond donors (Lipinski definition) is 1. The number of aliphatic hydroxyl groups excluding tert-OH is 1. The molecule has 1 rings (SSSR count). The van der Waals surface area contributed by atoms with Crippen LogP contribution >= 0.6 is 0 Å². The number of likely N-dealkylation sites (N-methyl/N-ethyl adjacent to an activating group) is 1. The average molecular weight is 214 g/mol. The van der Waals surface area contributed by atoms with Gasteiger partial charge in [-0.3, -0.25) is 4.90 Å². The highest BCUT2D eigenvalue weighted by Crippen LogP contribution is 2.27. The lowest BCUT2D eigenvalue weighted by Gasteiger charge is -2.47. The molecule has 1 aliphatic rings. The first-order valence-electron chi connectivity index (χ1n) is 6.08. The van der Waals surface area contributed by atoms with Gasteiger partial charge in [0.2, 0.25) is 0 Å². The highest BCUT2D eigenvalue weighted by molar-refractivity contribution is 4.95. The van der Waals surface area contributed by atoms with E-state index >= 15 is 0 Å². The molecule has 0 aromatic heterocycles. The Hall–Kier alpha value is -0.120. The third-order valence-electron chi connectivity index (χ3n) is 4.04. The van der Waals surface area contributed by atoms with Crippen LogP contribution in [0.3, 0.4) is 0 Å². The predicted octanol–water partition coefficient (Wildman–Crippen LogP) is 1.17. The van der Waals surface area contributed by atoms with Gasteiger partial charge in [0.05, 0.1) is 12.1 Å². The molecule has 1 fully saturated rings. The van der Waals surface area contributed by atoms with Crippen molar-refractivity contribution in [1.82, 2.24) is 9.80 Å². The molecule has 0 saturated carbocycles. The maximum Gasteiger partial charge on any atom is 0.0627 e. The quantitative estimate of drug-likeness (QED) is 0.761. The van der Waals surface area contributed by atoms with E-state index in [2.05, 4.69) is 37.7 Å². The number of likely N-dealkylation sites (tertiary alicyclic amines) is 1. The van der Waals surface area contributed by atoms with Gasteiger partial charge in [-0.2, -0.15) is 0 Å². The van der Waals surface area contributed by atoms with Crippen molar-refractivity contribution >= 4 is 0 Å². The monoisotopic (exact) mass is 214 g/mol. The molecular formula is C12H26N2O. The summed E-state index contributed by atoms with van der Waals surface area (Å²) in [5, 5.41) is 9.62. The van der Waals surface area contributed by atoms with Gasteiger partial charge in [-0.1, -0.05) is 6.92 Å². The van der Waals surface area contributed by atoms with Crippen molar-refractivity contribution in [3.05, 3.63) is 0 Å². The summed E-state index contributed by atoms with van der Waals surface area (Å²) in [4.78, 5) is 4.71. The van der Waals surface area contributed by atoms with Gasteiger partial charge in [-0.15, -0.1) is 0 Å². The van der Waals surface area contributed by atoms with E-state index in [1.165, 1.54) is 19.4 Å². The maximum atomic E-state index is 9.62. The molecule has 90 valence electrons. The van der Waals surface area contributed by atoms with Crippen LogP contribution in [0.4, 0.5) is 0 Å².